The lowest BCUT2D eigenvalue weighted by molar-refractivity contribution is 0.0623. The van der Waals surface area contributed by atoms with Crippen molar-refractivity contribution in [3.63, 3.8) is 0 Å². The summed E-state index contributed by atoms with van der Waals surface area (Å²) < 4.78 is 5.05. The lowest BCUT2D eigenvalue weighted by Crippen LogP contribution is -2.39. The Kier molecular flexibility index (Phi) is 3.93. The molecule has 1 heterocycles. The first-order chi connectivity index (χ1) is 8.99. The van der Waals surface area contributed by atoms with Crippen molar-refractivity contribution in [3.05, 3.63) is 23.7 Å². The smallest absolute Gasteiger partial charge is 0.371 e. The summed E-state index contributed by atoms with van der Waals surface area (Å²) in [6.07, 6.45) is 4.24. The average molecular weight is 265 g/mol. The molecule has 0 saturated heterocycles. The van der Waals surface area contributed by atoms with Gasteiger partial charge < -0.3 is 14.4 Å². The van der Waals surface area contributed by atoms with E-state index in [1.807, 2.05) is 0 Å². The van der Waals surface area contributed by atoms with E-state index in [0.29, 0.717) is 0 Å². The SMILES string of the molecule is CC1CCC(N(C)C(=O)c2ccc(C(=O)O)o2)CC1. The van der Waals surface area contributed by atoms with Gasteiger partial charge in [0, 0.05) is 13.1 Å². The van der Waals surface area contributed by atoms with Crippen molar-refractivity contribution in [1.29, 1.82) is 0 Å². The van der Waals surface area contributed by atoms with Crippen molar-refractivity contribution in [1.82, 2.24) is 4.90 Å². The molecule has 0 radical (unpaired) electrons. The first-order valence-electron chi connectivity index (χ1n) is 6.59. The summed E-state index contributed by atoms with van der Waals surface area (Å²) in [7, 11) is 1.76. The van der Waals surface area contributed by atoms with Crippen LogP contribution >= 0.6 is 0 Å². The van der Waals surface area contributed by atoms with E-state index >= 15 is 0 Å². The van der Waals surface area contributed by atoms with Gasteiger partial charge in [-0.25, -0.2) is 4.79 Å². The van der Waals surface area contributed by atoms with Gasteiger partial charge in [-0.15, -0.1) is 0 Å². The molecule has 0 unspecified atom stereocenters. The molecule has 0 spiro atoms. The fourth-order valence-corrected chi connectivity index (χ4v) is 2.54. The van der Waals surface area contributed by atoms with Gasteiger partial charge in [0.2, 0.25) is 5.76 Å². The maximum absolute atomic E-state index is 12.2. The highest BCUT2D eigenvalue weighted by atomic mass is 16.4. The summed E-state index contributed by atoms with van der Waals surface area (Å²) in [4.78, 5) is 24.6. The van der Waals surface area contributed by atoms with E-state index < -0.39 is 5.97 Å². The summed E-state index contributed by atoms with van der Waals surface area (Å²) in [5.41, 5.74) is 0. The Morgan fingerprint density at radius 3 is 2.32 bits per heavy atom. The second kappa shape index (κ2) is 5.47. The molecule has 5 nitrogen and oxygen atoms in total. The zero-order valence-corrected chi connectivity index (χ0v) is 11.3. The lowest BCUT2D eigenvalue weighted by Gasteiger charge is -2.33. The van der Waals surface area contributed by atoms with Gasteiger partial charge >= 0.3 is 5.97 Å². The van der Waals surface area contributed by atoms with Crippen LogP contribution in [0, 0.1) is 5.92 Å². The van der Waals surface area contributed by atoms with Gasteiger partial charge in [-0.2, -0.15) is 0 Å². The number of amides is 1. The van der Waals surface area contributed by atoms with Crippen molar-refractivity contribution in [2.24, 2.45) is 5.92 Å². The van der Waals surface area contributed by atoms with E-state index in [1.54, 1.807) is 11.9 Å². The molecule has 19 heavy (non-hydrogen) atoms. The van der Waals surface area contributed by atoms with Crippen LogP contribution in [-0.2, 0) is 0 Å². The Bertz CT molecular complexity index is 472. The van der Waals surface area contributed by atoms with E-state index in [1.165, 1.54) is 12.1 Å². The molecule has 0 aliphatic heterocycles. The van der Waals surface area contributed by atoms with Crippen molar-refractivity contribution in [2.45, 2.75) is 38.6 Å². The zero-order valence-electron chi connectivity index (χ0n) is 11.3. The van der Waals surface area contributed by atoms with Crippen LogP contribution in [0.1, 0.15) is 53.7 Å². The van der Waals surface area contributed by atoms with Gasteiger partial charge in [0.15, 0.2) is 5.76 Å². The summed E-state index contributed by atoms with van der Waals surface area (Å²) in [6, 6.07) is 2.96. The van der Waals surface area contributed by atoms with E-state index in [9.17, 15) is 9.59 Å². The molecule has 1 fully saturated rings. The quantitative estimate of drug-likeness (QED) is 0.912. The molecule has 0 bridgehead atoms. The van der Waals surface area contributed by atoms with E-state index in [0.717, 1.165) is 31.6 Å². The molecule has 104 valence electrons. The molecule has 1 aliphatic rings. The zero-order chi connectivity index (χ0) is 14.0. The van der Waals surface area contributed by atoms with Crippen LogP contribution in [0.2, 0.25) is 0 Å². The van der Waals surface area contributed by atoms with Crippen molar-refractivity contribution in [3.8, 4) is 0 Å². The van der Waals surface area contributed by atoms with Crippen molar-refractivity contribution in [2.75, 3.05) is 7.05 Å². The molecular formula is C14H19NO4. The number of carbonyl (C=O) groups excluding carboxylic acids is 1. The van der Waals surface area contributed by atoms with Crippen LogP contribution in [-0.4, -0.2) is 35.0 Å². The summed E-state index contributed by atoms with van der Waals surface area (Å²) in [6.45, 7) is 2.23. The fraction of sp³-hybridized carbons (Fsp3) is 0.571. The monoisotopic (exact) mass is 265 g/mol. The number of hydrogen-bond donors (Lipinski definition) is 1. The molecule has 0 atom stereocenters. The normalized spacial score (nSPS) is 23.1. The number of furan rings is 1. The van der Waals surface area contributed by atoms with Gasteiger partial charge in [0.1, 0.15) is 0 Å². The molecule has 1 aromatic rings. The van der Waals surface area contributed by atoms with Crippen LogP contribution < -0.4 is 0 Å². The van der Waals surface area contributed by atoms with Crippen LogP contribution in [0.5, 0.6) is 0 Å². The number of carboxylic acids is 1. The van der Waals surface area contributed by atoms with Crippen molar-refractivity contribution >= 4 is 11.9 Å². The molecule has 5 heteroatoms. The minimum atomic E-state index is -1.16. The second-order valence-corrected chi connectivity index (χ2v) is 5.30. The Morgan fingerprint density at radius 2 is 1.79 bits per heavy atom. The van der Waals surface area contributed by atoms with Crippen molar-refractivity contribution < 1.29 is 19.1 Å². The third-order valence-corrected chi connectivity index (χ3v) is 3.88. The summed E-state index contributed by atoms with van der Waals surface area (Å²) in [5.74, 6) is -0.783. The standard InChI is InChI=1S/C14H19NO4/c1-9-3-5-10(6-4-9)15(2)13(16)11-7-8-12(19-11)14(17)18/h7-10H,3-6H2,1-2H3,(H,17,18). The van der Waals surface area contributed by atoms with Crippen LogP contribution in [0.3, 0.4) is 0 Å². The number of nitrogens with zero attached hydrogens (tertiary/aromatic N) is 1. The topological polar surface area (TPSA) is 70.8 Å². The molecule has 1 N–H and O–H groups in total. The third-order valence-electron chi connectivity index (χ3n) is 3.88. The van der Waals surface area contributed by atoms with Gasteiger partial charge in [0.25, 0.3) is 5.91 Å². The van der Waals surface area contributed by atoms with E-state index in [4.69, 9.17) is 9.52 Å². The fourth-order valence-electron chi connectivity index (χ4n) is 2.54. The Labute approximate surface area is 112 Å². The minimum Gasteiger partial charge on any atom is -0.475 e. The highest BCUT2D eigenvalue weighted by Gasteiger charge is 2.27. The van der Waals surface area contributed by atoms with Crippen LogP contribution in [0.25, 0.3) is 0 Å². The molecule has 1 aliphatic carbocycles. The van der Waals surface area contributed by atoms with E-state index in [-0.39, 0.29) is 23.5 Å². The number of carboxylic acid groups (broad SMARTS) is 1. The predicted octanol–water partition coefficient (Wildman–Crippen LogP) is 2.63. The number of hydrogen-bond acceptors (Lipinski definition) is 3. The molecular weight excluding hydrogens is 246 g/mol. The largest absolute Gasteiger partial charge is 0.475 e. The van der Waals surface area contributed by atoms with Gasteiger partial charge in [0.05, 0.1) is 0 Å². The Morgan fingerprint density at radius 1 is 1.21 bits per heavy atom. The first-order valence-corrected chi connectivity index (χ1v) is 6.59. The van der Waals surface area contributed by atoms with Crippen LogP contribution in [0.4, 0.5) is 0 Å². The minimum absolute atomic E-state index is 0.0959. The molecule has 1 amide bonds. The summed E-state index contributed by atoms with van der Waals surface area (Å²) in [5, 5.41) is 8.78. The Hall–Kier alpha value is -1.78. The number of carbonyl (C=O) groups is 2. The molecule has 1 saturated carbocycles. The van der Waals surface area contributed by atoms with Gasteiger partial charge in [-0.1, -0.05) is 6.92 Å². The second-order valence-electron chi connectivity index (χ2n) is 5.30. The van der Waals surface area contributed by atoms with Crippen LogP contribution in [0.15, 0.2) is 16.5 Å². The highest BCUT2D eigenvalue weighted by molar-refractivity contribution is 5.93. The molecule has 0 aromatic carbocycles. The van der Waals surface area contributed by atoms with Gasteiger partial charge in [-0.05, 0) is 43.7 Å². The molecule has 1 aromatic heterocycles. The highest BCUT2D eigenvalue weighted by Crippen LogP contribution is 2.27. The maximum Gasteiger partial charge on any atom is 0.371 e. The Balaban J connectivity index is 2.03. The maximum atomic E-state index is 12.2. The van der Waals surface area contributed by atoms with Gasteiger partial charge in [-0.3, -0.25) is 4.79 Å². The number of rotatable bonds is 3. The lowest BCUT2D eigenvalue weighted by atomic mass is 9.87. The third kappa shape index (κ3) is 2.97. The predicted molar refractivity (Wildman–Crippen MR) is 69.2 cm³/mol. The summed E-state index contributed by atoms with van der Waals surface area (Å²) >= 11 is 0. The molecule has 2 rings (SSSR count). The average Bonchev–Trinajstić information content (AvgIpc) is 2.87. The number of aromatic carboxylic acids is 1. The van der Waals surface area contributed by atoms with E-state index in [2.05, 4.69) is 6.92 Å². The first kappa shape index (κ1) is 13.6.